The number of thiophene rings is 2. The van der Waals surface area contributed by atoms with Crippen LogP contribution in [0.5, 0.6) is 0 Å². The smallest absolute Gasteiger partial charge is 0.210 e. The van der Waals surface area contributed by atoms with E-state index < -0.39 is 0 Å². The number of aliphatic imine (C=N–C) groups is 1. The van der Waals surface area contributed by atoms with E-state index in [2.05, 4.69) is 174 Å². The van der Waals surface area contributed by atoms with Crippen molar-refractivity contribution in [3.8, 4) is 11.1 Å². The number of benzene rings is 8. The van der Waals surface area contributed by atoms with Crippen LogP contribution in [0.25, 0.3) is 84.7 Å². The summed E-state index contributed by atoms with van der Waals surface area (Å²) in [5, 5.41) is 16.6. The van der Waals surface area contributed by atoms with Crippen LogP contribution in [0.2, 0.25) is 0 Å². The molecule has 12 rings (SSSR count). The highest BCUT2D eigenvalue weighted by Crippen LogP contribution is 2.50. The first-order valence-corrected chi connectivity index (χ1v) is 19.6. The average Bonchev–Trinajstić information content (AvgIpc) is 3.91. The van der Waals surface area contributed by atoms with Gasteiger partial charge in [-0.05, 0) is 57.1 Å². The van der Waals surface area contributed by atoms with Crippen LogP contribution >= 0.6 is 22.7 Å². The van der Waals surface area contributed by atoms with Gasteiger partial charge in [0.05, 0.1) is 17.1 Å². The molecule has 0 amide bonds. The molecule has 53 heavy (non-hydrogen) atoms. The number of nitrogens with zero attached hydrogens (tertiary/aromatic N) is 2. The molecule has 4 heterocycles. The maximum absolute atomic E-state index is 5.61. The fraction of sp³-hybridized carbons (Fsp3) is 0.0208. The maximum Gasteiger partial charge on any atom is 0.210 e. The minimum atomic E-state index is -0.128. The first kappa shape index (κ1) is 29.3. The van der Waals surface area contributed by atoms with Crippen molar-refractivity contribution >= 4 is 107 Å². The van der Waals surface area contributed by atoms with Crippen LogP contribution in [0.1, 0.15) is 17.2 Å². The summed E-state index contributed by atoms with van der Waals surface area (Å²) in [5.74, 6) is 0.847. The van der Waals surface area contributed by atoms with Crippen molar-refractivity contribution < 1.29 is 0 Å². The van der Waals surface area contributed by atoms with Crippen LogP contribution in [0.3, 0.4) is 0 Å². The minimum absolute atomic E-state index is 0.128. The summed E-state index contributed by atoms with van der Waals surface area (Å²) in [6.45, 7) is 0. The summed E-state index contributed by atoms with van der Waals surface area (Å²) < 4.78 is 6.30. The second-order valence-electron chi connectivity index (χ2n) is 13.9. The van der Waals surface area contributed by atoms with E-state index in [9.17, 15) is 0 Å². The second kappa shape index (κ2) is 11.1. The van der Waals surface area contributed by atoms with Gasteiger partial charge in [0, 0.05) is 52.0 Å². The average molecular weight is 712 g/mol. The van der Waals surface area contributed by atoms with Crippen LogP contribution < -0.4 is 5.32 Å². The van der Waals surface area contributed by atoms with Gasteiger partial charge in [-0.2, -0.15) is 0 Å². The van der Waals surface area contributed by atoms with Crippen LogP contribution in [0.4, 0.5) is 5.00 Å². The third-order valence-electron chi connectivity index (χ3n) is 11.1. The first-order chi connectivity index (χ1) is 26.3. The Morgan fingerprint density at radius 2 is 1.23 bits per heavy atom. The number of hydrogen-bond donors (Lipinski definition) is 1. The largest absolute Gasteiger partial charge is 0.344 e. The third kappa shape index (κ3) is 4.17. The molecule has 1 unspecified atom stereocenters. The van der Waals surface area contributed by atoms with E-state index in [0.29, 0.717) is 0 Å². The van der Waals surface area contributed by atoms with Gasteiger partial charge in [-0.1, -0.05) is 140 Å². The molecule has 1 aliphatic rings. The van der Waals surface area contributed by atoms with Gasteiger partial charge in [0.2, 0.25) is 5.96 Å². The molecule has 11 aromatic rings. The first-order valence-electron chi connectivity index (χ1n) is 18.0. The van der Waals surface area contributed by atoms with E-state index in [4.69, 9.17) is 4.99 Å². The Hall–Kier alpha value is -6.27. The van der Waals surface area contributed by atoms with E-state index in [1.54, 1.807) is 11.3 Å². The maximum atomic E-state index is 5.61. The van der Waals surface area contributed by atoms with Gasteiger partial charge >= 0.3 is 0 Å². The molecular formula is C48H29N3S2. The van der Waals surface area contributed by atoms with Crippen molar-refractivity contribution in [1.82, 2.24) is 9.88 Å². The summed E-state index contributed by atoms with van der Waals surface area (Å²) in [4.78, 5) is 5.61. The number of nitrogens with one attached hydrogen (secondary N) is 1. The molecule has 0 saturated heterocycles. The SMILES string of the molecule is c1ccc(-c2cccc(C3NC(n4c5ccccc5c5c6sc7ccccc7c6c6ccccc6c54)=Nc4sc5ccc6ccccc6c5c43)c2)cc1. The van der Waals surface area contributed by atoms with Gasteiger partial charge in [0.1, 0.15) is 5.00 Å². The molecule has 1 N–H and O–H groups in total. The standard InChI is InChI=1S/C48H29N3S2/c1-2-13-28(14-3-1)30-16-12-17-31(27-30)44-43-41-32-18-5-4-15-29(32)25-26-39(41)53-47(43)50-48(49-44)51-37-23-10-8-21-35(37)42-45(51)34-20-7-6-19-33(34)40-36-22-9-11-24-38(36)52-46(40)42/h1-27,44H,(H,49,50). The van der Waals surface area contributed by atoms with Gasteiger partial charge < -0.3 is 5.32 Å². The van der Waals surface area contributed by atoms with Gasteiger partial charge in [0.25, 0.3) is 0 Å². The zero-order valence-electron chi connectivity index (χ0n) is 28.4. The minimum Gasteiger partial charge on any atom is -0.344 e. The highest BCUT2D eigenvalue weighted by molar-refractivity contribution is 7.27. The van der Waals surface area contributed by atoms with Crippen molar-refractivity contribution in [3.63, 3.8) is 0 Å². The zero-order chi connectivity index (χ0) is 34.6. The molecule has 0 spiro atoms. The lowest BCUT2D eigenvalue weighted by molar-refractivity contribution is 0.742. The van der Waals surface area contributed by atoms with Crippen LogP contribution in [-0.2, 0) is 0 Å². The normalized spacial score (nSPS) is 14.5. The molecule has 3 aromatic heterocycles. The van der Waals surface area contributed by atoms with E-state index in [-0.39, 0.29) is 6.04 Å². The van der Waals surface area contributed by atoms with E-state index in [1.165, 1.54) is 90.3 Å². The van der Waals surface area contributed by atoms with Crippen LogP contribution in [0.15, 0.2) is 169 Å². The molecule has 248 valence electrons. The summed E-state index contributed by atoms with van der Waals surface area (Å²) in [6, 6.07) is 59.5. The lowest BCUT2D eigenvalue weighted by Gasteiger charge is -2.28. The molecule has 8 aromatic carbocycles. The molecule has 0 aliphatic carbocycles. The quantitative estimate of drug-likeness (QED) is 0.190. The van der Waals surface area contributed by atoms with Crippen molar-refractivity contribution in [1.29, 1.82) is 0 Å². The summed E-state index contributed by atoms with van der Waals surface area (Å²) in [5.41, 5.74) is 7.21. The molecule has 0 saturated carbocycles. The Balaban J connectivity index is 1.20. The topological polar surface area (TPSA) is 29.3 Å². The monoisotopic (exact) mass is 711 g/mol. The summed E-state index contributed by atoms with van der Waals surface area (Å²) in [6.07, 6.45) is 0. The molecule has 0 fully saturated rings. The Morgan fingerprint density at radius 3 is 2.11 bits per heavy atom. The Morgan fingerprint density at radius 1 is 0.509 bits per heavy atom. The number of rotatable bonds is 2. The number of aromatic nitrogens is 1. The second-order valence-corrected chi connectivity index (χ2v) is 16.0. The van der Waals surface area contributed by atoms with Gasteiger partial charge in [-0.25, -0.2) is 4.99 Å². The molecule has 5 heteroatoms. The fourth-order valence-electron chi connectivity index (χ4n) is 8.80. The number of hydrogen-bond acceptors (Lipinski definition) is 4. The Bertz CT molecular complexity index is 3330. The highest BCUT2D eigenvalue weighted by Gasteiger charge is 2.32. The molecule has 0 bridgehead atoms. The van der Waals surface area contributed by atoms with E-state index in [0.717, 1.165) is 16.5 Å². The van der Waals surface area contributed by atoms with E-state index in [1.807, 2.05) is 11.3 Å². The lowest BCUT2D eigenvalue weighted by Crippen LogP contribution is -2.36. The van der Waals surface area contributed by atoms with Crippen molar-refractivity contribution in [2.75, 3.05) is 0 Å². The predicted octanol–water partition coefficient (Wildman–Crippen LogP) is 13.6. The molecule has 1 aliphatic heterocycles. The molecule has 0 radical (unpaired) electrons. The zero-order valence-corrected chi connectivity index (χ0v) is 30.0. The fourth-order valence-corrected chi connectivity index (χ4v) is 11.2. The lowest BCUT2D eigenvalue weighted by atomic mass is 9.92. The molecule has 1 atom stereocenters. The van der Waals surface area contributed by atoms with Crippen molar-refractivity contribution in [3.05, 3.63) is 175 Å². The molecule has 3 nitrogen and oxygen atoms in total. The summed E-state index contributed by atoms with van der Waals surface area (Å²) in [7, 11) is 0. The Kier molecular flexibility index (Phi) is 6.15. The number of para-hydroxylation sites is 1. The van der Waals surface area contributed by atoms with E-state index >= 15 is 0 Å². The Labute approximate surface area is 312 Å². The van der Waals surface area contributed by atoms with Gasteiger partial charge in [0.15, 0.2) is 0 Å². The number of fused-ring (bicyclic) bond motifs is 15. The van der Waals surface area contributed by atoms with Crippen molar-refractivity contribution in [2.45, 2.75) is 6.04 Å². The van der Waals surface area contributed by atoms with Gasteiger partial charge in [-0.3, -0.25) is 4.57 Å². The predicted molar refractivity (Wildman–Crippen MR) is 229 cm³/mol. The third-order valence-corrected chi connectivity index (χ3v) is 13.3. The van der Waals surface area contributed by atoms with Gasteiger partial charge in [-0.15, -0.1) is 22.7 Å². The van der Waals surface area contributed by atoms with Crippen LogP contribution in [0, 0.1) is 0 Å². The summed E-state index contributed by atoms with van der Waals surface area (Å²) >= 11 is 3.69. The highest BCUT2D eigenvalue weighted by atomic mass is 32.1. The van der Waals surface area contributed by atoms with Crippen molar-refractivity contribution in [2.24, 2.45) is 4.99 Å². The van der Waals surface area contributed by atoms with Crippen LogP contribution in [-0.4, -0.2) is 10.5 Å². The molecular weight excluding hydrogens is 683 g/mol.